The van der Waals surface area contributed by atoms with Crippen molar-refractivity contribution >= 4 is 11.8 Å². The zero-order valence-electron chi connectivity index (χ0n) is 9.64. The van der Waals surface area contributed by atoms with Crippen molar-refractivity contribution < 1.29 is 14.3 Å². The number of methoxy groups -OCH3 is 2. The van der Waals surface area contributed by atoms with Gasteiger partial charge in [0.05, 0.1) is 18.8 Å². The maximum atomic E-state index is 11.7. The van der Waals surface area contributed by atoms with Gasteiger partial charge in [0, 0.05) is 12.7 Å². The number of carbonyl (C=O) groups is 1. The average molecular weight is 221 g/mol. The van der Waals surface area contributed by atoms with Gasteiger partial charge in [0.15, 0.2) is 0 Å². The predicted octanol–water partition coefficient (Wildman–Crippen LogP) is 2.35. The largest absolute Gasteiger partial charge is 0.452 e. The molecule has 1 aromatic rings. The Morgan fingerprint density at radius 3 is 2.62 bits per heavy atom. The molecule has 0 spiro atoms. The fourth-order valence-electron chi connectivity index (χ4n) is 2.25. The van der Waals surface area contributed by atoms with Gasteiger partial charge in [-0.1, -0.05) is 18.2 Å². The van der Waals surface area contributed by atoms with Crippen LogP contribution >= 0.6 is 0 Å². The van der Waals surface area contributed by atoms with Crippen molar-refractivity contribution in [2.45, 2.75) is 19.1 Å². The van der Waals surface area contributed by atoms with E-state index in [2.05, 4.69) is 0 Å². The molecule has 0 aliphatic carbocycles. The summed E-state index contributed by atoms with van der Waals surface area (Å²) in [4.78, 5) is 13.3. The monoisotopic (exact) mass is 221 g/mol. The fourth-order valence-corrected chi connectivity index (χ4v) is 2.25. The van der Waals surface area contributed by atoms with Crippen LogP contribution in [0.1, 0.15) is 18.6 Å². The number of nitrogens with zero attached hydrogens (tertiary/aromatic N) is 1. The Bertz CT molecular complexity index is 405. The quantitative estimate of drug-likeness (QED) is 0.730. The van der Waals surface area contributed by atoms with Crippen molar-refractivity contribution in [3.63, 3.8) is 0 Å². The Morgan fingerprint density at radius 1 is 1.31 bits per heavy atom. The highest BCUT2D eigenvalue weighted by Crippen LogP contribution is 2.41. The van der Waals surface area contributed by atoms with Gasteiger partial charge >= 0.3 is 6.09 Å². The standard InChI is InChI=1S/C12H15NO3/c1-8-11(15-2)9-6-4-5-7-10(9)13(8)12(14)16-3/h4-8,11H,1-3H3/t8-,11-/m0/s1. The van der Waals surface area contributed by atoms with Crippen LogP contribution in [0.5, 0.6) is 0 Å². The van der Waals surface area contributed by atoms with Crippen LogP contribution in [-0.2, 0) is 9.47 Å². The summed E-state index contributed by atoms with van der Waals surface area (Å²) in [7, 11) is 3.04. The number of ether oxygens (including phenoxy) is 2. The smallest absolute Gasteiger partial charge is 0.414 e. The molecule has 1 aliphatic rings. The second-order valence-corrected chi connectivity index (χ2v) is 3.80. The SMILES string of the molecule is COC(=O)N1c2ccccc2[C@@H](OC)[C@@H]1C. The predicted molar refractivity (Wildman–Crippen MR) is 60.5 cm³/mol. The van der Waals surface area contributed by atoms with Crippen LogP contribution in [0.2, 0.25) is 0 Å². The molecule has 0 saturated carbocycles. The van der Waals surface area contributed by atoms with Crippen LogP contribution in [0.4, 0.5) is 10.5 Å². The first kappa shape index (κ1) is 11.0. The minimum Gasteiger partial charge on any atom is -0.452 e. The molecule has 0 aromatic heterocycles. The summed E-state index contributed by atoms with van der Waals surface area (Å²) in [5, 5.41) is 0. The van der Waals surface area contributed by atoms with Crippen LogP contribution < -0.4 is 4.90 Å². The Morgan fingerprint density at radius 2 is 2.00 bits per heavy atom. The second-order valence-electron chi connectivity index (χ2n) is 3.80. The zero-order chi connectivity index (χ0) is 11.7. The van der Waals surface area contributed by atoms with E-state index in [0.717, 1.165) is 11.3 Å². The first-order valence-corrected chi connectivity index (χ1v) is 5.19. The van der Waals surface area contributed by atoms with Gasteiger partial charge in [0.25, 0.3) is 0 Å². The molecular formula is C12H15NO3. The summed E-state index contributed by atoms with van der Waals surface area (Å²) in [6, 6.07) is 7.68. The van der Waals surface area contributed by atoms with Crippen LogP contribution in [-0.4, -0.2) is 26.4 Å². The molecule has 2 atom stereocenters. The third-order valence-electron chi connectivity index (χ3n) is 2.97. The lowest BCUT2D eigenvalue weighted by molar-refractivity contribution is 0.0896. The molecule has 0 unspecified atom stereocenters. The maximum absolute atomic E-state index is 11.7. The van der Waals surface area contributed by atoms with Gasteiger partial charge in [0.1, 0.15) is 6.10 Å². The van der Waals surface area contributed by atoms with E-state index in [1.54, 1.807) is 12.0 Å². The van der Waals surface area contributed by atoms with Gasteiger partial charge in [-0.3, -0.25) is 4.90 Å². The van der Waals surface area contributed by atoms with E-state index in [-0.39, 0.29) is 18.2 Å². The molecule has 16 heavy (non-hydrogen) atoms. The molecule has 1 aromatic carbocycles. The number of fused-ring (bicyclic) bond motifs is 1. The summed E-state index contributed by atoms with van der Waals surface area (Å²) in [5.41, 5.74) is 1.90. The van der Waals surface area contributed by atoms with E-state index in [1.165, 1.54) is 7.11 Å². The van der Waals surface area contributed by atoms with Crippen LogP contribution in [0.25, 0.3) is 0 Å². The minimum atomic E-state index is -0.348. The van der Waals surface area contributed by atoms with Gasteiger partial charge in [-0.2, -0.15) is 0 Å². The zero-order valence-corrected chi connectivity index (χ0v) is 9.64. The van der Waals surface area contributed by atoms with E-state index in [0.29, 0.717) is 0 Å². The highest BCUT2D eigenvalue weighted by molar-refractivity contribution is 5.91. The summed E-state index contributed by atoms with van der Waals surface area (Å²) in [6.45, 7) is 1.95. The van der Waals surface area contributed by atoms with Crippen molar-refractivity contribution in [1.29, 1.82) is 0 Å². The molecule has 1 amide bonds. The van der Waals surface area contributed by atoms with Gasteiger partial charge in [-0.25, -0.2) is 4.79 Å². The van der Waals surface area contributed by atoms with Gasteiger partial charge in [0.2, 0.25) is 0 Å². The molecule has 0 bridgehead atoms. The van der Waals surface area contributed by atoms with E-state index in [9.17, 15) is 4.79 Å². The molecule has 0 fully saturated rings. The number of amides is 1. The maximum Gasteiger partial charge on any atom is 0.414 e. The Kier molecular flexibility index (Phi) is 2.83. The van der Waals surface area contributed by atoms with Gasteiger partial charge in [-0.15, -0.1) is 0 Å². The van der Waals surface area contributed by atoms with E-state index < -0.39 is 0 Å². The average Bonchev–Trinajstić information content (AvgIpc) is 2.60. The third kappa shape index (κ3) is 1.46. The molecule has 1 heterocycles. The second kappa shape index (κ2) is 4.14. The lowest BCUT2D eigenvalue weighted by Gasteiger charge is -2.23. The van der Waals surface area contributed by atoms with E-state index in [1.807, 2.05) is 31.2 Å². The van der Waals surface area contributed by atoms with Crippen LogP contribution in [0.15, 0.2) is 24.3 Å². The minimum absolute atomic E-state index is 0.0464. The van der Waals surface area contributed by atoms with E-state index >= 15 is 0 Å². The molecule has 2 rings (SSSR count). The molecule has 4 heteroatoms. The van der Waals surface area contributed by atoms with Crippen molar-refractivity contribution in [2.24, 2.45) is 0 Å². The van der Waals surface area contributed by atoms with E-state index in [4.69, 9.17) is 9.47 Å². The van der Waals surface area contributed by atoms with Crippen LogP contribution in [0, 0.1) is 0 Å². The van der Waals surface area contributed by atoms with Gasteiger partial charge < -0.3 is 9.47 Å². The molecule has 0 saturated heterocycles. The molecule has 86 valence electrons. The Labute approximate surface area is 94.8 Å². The summed E-state index contributed by atoms with van der Waals surface area (Å²) in [6.07, 6.45) is -0.435. The van der Waals surface area contributed by atoms with Crippen molar-refractivity contribution in [3.05, 3.63) is 29.8 Å². The van der Waals surface area contributed by atoms with Crippen LogP contribution in [0.3, 0.4) is 0 Å². The van der Waals surface area contributed by atoms with Crippen molar-refractivity contribution in [1.82, 2.24) is 0 Å². The Balaban J connectivity index is 2.46. The normalized spacial score (nSPS) is 23.1. The topological polar surface area (TPSA) is 38.8 Å². The lowest BCUT2D eigenvalue weighted by atomic mass is 10.1. The lowest BCUT2D eigenvalue weighted by Crippen LogP contribution is -2.37. The third-order valence-corrected chi connectivity index (χ3v) is 2.97. The number of hydrogen-bond acceptors (Lipinski definition) is 3. The number of hydrogen-bond donors (Lipinski definition) is 0. The molecular weight excluding hydrogens is 206 g/mol. The number of anilines is 1. The molecule has 0 radical (unpaired) electrons. The summed E-state index contributed by atoms with van der Waals surface area (Å²) < 4.78 is 10.2. The van der Waals surface area contributed by atoms with Crippen molar-refractivity contribution in [3.8, 4) is 0 Å². The number of rotatable bonds is 1. The van der Waals surface area contributed by atoms with Crippen molar-refractivity contribution in [2.75, 3.05) is 19.1 Å². The highest BCUT2D eigenvalue weighted by Gasteiger charge is 2.39. The summed E-state index contributed by atoms with van der Waals surface area (Å²) in [5.74, 6) is 0. The highest BCUT2D eigenvalue weighted by atomic mass is 16.5. The number of benzene rings is 1. The Hall–Kier alpha value is -1.55. The molecule has 0 N–H and O–H groups in total. The first-order valence-electron chi connectivity index (χ1n) is 5.19. The number of carbonyl (C=O) groups excluding carboxylic acids is 1. The summed E-state index contributed by atoms with van der Waals surface area (Å²) >= 11 is 0. The first-order chi connectivity index (χ1) is 7.70. The molecule has 4 nitrogen and oxygen atoms in total. The fraction of sp³-hybridized carbons (Fsp3) is 0.417. The van der Waals surface area contributed by atoms with Gasteiger partial charge in [-0.05, 0) is 13.0 Å². The molecule has 1 aliphatic heterocycles. The number of para-hydroxylation sites is 1.